The summed E-state index contributed by atoms with van der Waals surface area (Å²) in [5.74, 6) is 0. The molecule has 0 fully saturated rings. The Morgan fingerprint density at radius 1 is 1.25 bits per heavy atom. The fourth-order valence-electron chi connectivity index (χ4n) is 1.00. The molecule has 0 aliphatic rings. The van der Waals surface area contributed by atoms with Crippen molar-refractivity contribution in [2.45, 2.75) is 25.8 Å². The zero-order chi connectivity index (χ0) is 7.94. The first kappa shape index (κ1) is 11.6. The smallest absolute Gasteiger partial charge is 0.0945 e. The maximum atomic E-state index is 8.50. The van der Waals surface area contributed by atoms with Crippen molar-refractivity contribution in [3.63, 3.8) is 0 Å². The third-order valence-corrected chi connectivity index (χ3v) is 1.63. The number of aliphatic hydroxyl groups is 1. The Hall–Kier alpha value is -0.350. The van der Waals surface area contributed by atoms with E-state index in [2.05, 4.69) is 9.55 Å². The summed E-state index contributed by atoms with van der Waals surface area (Å²) < 4.78 is 2.05. The number of imidazole rings is 1. The Labute approximate surface area is 83.2 Å². The lowest BCUT2D eigenvalue weighted by molar-refractivity contribution is 0.282. The second kappa shape index (κ2) is 7.31. The number of halogens is 1. The van der Waals surface area contributed by atoms with E-state index in [1.165, 1.54) is 0 Å². The molecule has 12 heavy (non-hydrogen) atoms. The minimum Gasteiger partial charge on any atom is -0.396 e. The number of unbranched alkanes of at least 4 members (excludes halogenated alkanes) is 2. The molecule has 1 aromatic heterocycles. The van der Waals surface area contributed by atoms with Crippen LogP contribution in [0.25, 0.3) is 0 Å². The van der Waals surface area contributed by atoms with Crippen LogP contribution in [0.5, 0.6) is 0 Å². The van der Waals surface area contributed by atoms with E-state index in [1.54, 1.807) is 6.20 Å². The highest BCUT2D eigenvalue weighted by Gasteiger charge is 1.89. The van der Waals surface area contributed by atoms with E-state index in [9.17, 15) is 0 Å². The molecule has 0 atom stereocenters. The predicted octanol–water partition coefficient (Wildman–Crippen LogP) is 1.62. The van der Waals surface area contributed by atoms with Crippen molar-refractivity contribution in [1.29, 1.82) is 0 Å². The van der Waals surface area contributed by atoms with E-state index in [0.29, 0.717) is 6.61 Å². The fourth-order valence-corrected chi connectivity index (χ4v) is 1.00. The lowest BCUT2D eigenvalue weighted by Crippen LogP contribution is -1.94. The van der Waals surface area contributed by atoms with Gasteiger partial charge >= 0.3 is 0 Å². The summed E-state index contributed by atoms with van der Waals surface area (Å²) in [6.45, 7) is 1.32. The molecule has 0 unspecified atom stereocenters. The molecule has 1 heterocycles. The molecule has 0 saturated heterocycles. The van der Waals surface area contributed by atoms with Gasteiger partial charge < -0.3 is 9.67 Å². The zero-order valence-corrected chi connectivity index (χ0v) is 8.73. The second-order valence-electron chi connectivity index (χ2n) is 2.58. The van der Waals surface area contributed by atoms with Gasteiger partial charge in [0.2, 0.25) is 0 Å². The van der Waals surface area contributed by atoms with Crippen molar-refractivity contribution >= 4 is 17.0 Å². The van der Waals surface area contributed by atoms with Crippen molar-refractivity contribution in [1.82, 2.24) is 9.55 Å². The van der Waals surface area contributed by atoms with Crippen molar-refractivity contribution in [3.05, 3.63) is 18.7 Å². The van der Waals surface area contributed by atoms with Crippen LogP contribution >= 0.6 is 17.0 Å². The van der Waals surface area contributed by atoms with Crippen LogP contribution in [0, 0.1) is 0 Å². The van der Waals surface area contributed by atoms with Crippen LogP contribution in [0.1, 0.15) is 19.3 Å². The molecule has 0 saturated carbocycles. The van der Waals surface area contributed by atoms with Gasteiger partial charge in [-0.2, -0.15) is 0 Å². The first-order chi connectivity index (χ1) is 5.43. The van der Waals surface area contributed by atoms with Gasteiger partial charge in [-0.15, -0.1) is 17.0 Å². The number of hydrogen-bond donors (Lipinski definition) is 1. The van der Waals surface area contributed by atoms with Gasteiger partial charge in [-0.3, -0.25) is 0 Å². The number of rotatable bonds is 5. The molecule has 0 radical (unpaired) electrons. The van der Waals surface area contributed by atoms with Crippen LogP contribution in [0.4, 0.5) is 0 Å². The fraction of sp³-hybridized carbons (Fsp3) is 0.625. The van der Waals surface area contributed by atoms with Gasteiger partial charge in [0.05, 0.1) is 6.33 Å². The van der Waals surface area contributed by atoms with Crippen LogP contribution in [0.2, 0.25) is 0 Å². The van der Waals surface area contributed by atoms with Gasteiger partial charge in [-0.1, -0.05) is 0 Å². The summed E-state index contributed by atoms with van der Waals surface area (Å²) in [5, 5.41) is 8.50. The topological polar surface area (TPSA) is 38.0 Å². The first-order valence-corrected chi connectivity index (χ1v) is 4.00. The maximum absolute atomic E-state index is 8.50. The number of aromatic nitrogens is 2. The molecule has 0 aliphatic carbocycles. The number of hydrogen-bond acceptors (Lipinski definition) is 2. The molecule has 0 bridgehead atoms. The molecule has 3 nitrogen and oxygen atoms in total. The van der Waals surface area contributed by atoms with E-state index in [-0.39, 0.29) is 17.0 Å². The lowest BCUT2D eigenvalue weighted by Gasteiger charge is -1.99. The summed E-state index contributed by atoms with van der Waals surface area (Å²) in [4.78, 5) is 3.93. The molecular formula is C8H15BrN2O. The van der Waals surface area contributed by atoms with Gasteiger partial charge in [0.25, 0.3) is 0 Å². The first-order valence-electron chi connectivity index (χ1n) is 4.00. The monoisotopic (exact) mass is 234 g/mol. The van der Waals surface area contributed by atoms with Gasteiger partial charge in [0.1, 0.15) is 0 Å². The van der Waals surface area contributed by atoms with Gasteiger partial charge in [-0.05, 0) is 19.3 Å². The number of nitrogens with zero attached hydrogens (tertiary/aromatic N) is 2. The molecule has 4 heteroatoms. The Bertz CT molecular complexity index is 177. The normalized spacial score (nSPS) is 9.42. The Morgan fingerprint density at radius 3 is 2.67 bits per heavy atom. The second-order valence-corrected chi connectivity index (χ2v) is 2.58. The Kier molecular flexibility index (Phi) is 7.09. The predicted molar refractivity (Wildman–Crippen MR) is 53.5 cm³/mol. The molecular weight excluding hydrogens is 220 g/mol. The SMILES string of the molecule is Br.OCCCCCn1ccnc1. The lowest BCUT2D eigenvalue weighted by atomic mass is 10.2. The summed E-state index contributed by atoms with van der Waals surface area (Å²) in [6, 6.07) is 0. The quantitative estimate of drug-likeness (QED) is 0.787. The van der Waals surface area contributed by atoms with E-state index in [4.69, 9.17) is 5.11 Å². The van der Waals surface area contributed by atoms with E-state index < -0.39 is 0 Å². The number of aliphatic hydroxyl groups excluding tert-OH is 1. The molecule has 0 amide bonds. The van der Waals surface area contributed by atoms with E-state index in [0.717, 1.165) is 25.8 Å². The van der Waals surface area contributed by atoms with Crippen molar-refractivity contribution in [2.75, 3.05) is 6.61 Å². The third kappa shape index (κ3) is 4.51. The highest BCUT2D eigenvalue weighted by Crippen LogP contribution is 1.97. The molecule has 1 N–H and O–H groups in total. The van der Waals surface area contributed by atoms with Crippen molar-refractivity contribution in [2.24, 2.45) is 0 Å². The molecule has 0 spiro atoms. The Morgan fingerprint density at radius 2 is 2.08 bits per heavy atom. The Balaban J connectivity index is 0.00000121. The van der Waals surface area contributed by atoms with Crippen molar-refractivity contribution < 1.29 is 5.11 Å². The third-order valence-electron chi connectivity index (χ3n) is 1.63. The molecule has 1 aromatic rings. The van der Waals surface area contributed by atoms with E-state index >= 15 is 0 Å². The highest BCUT2D eigenvalue weighted by molar-refractivity contribution is 8.93. The highest BCUT2D eigenvalue weighted by atomic mass is 79.9. The van der Waals surface area contributed by atoms with Crippen LogP contribution < -0.4 is 0 Å². The molecule has 70 valence electrons. The molecule has 0 aliphatic heterocycles. The van der Waals surface area contributed by atoms with Crippen LogP contribution in [-0.2, 0) is 6.54 Å². The maximum Gasteiger partial charge on any atom is 0.0945 e. The summed E-state index contributed by atoms with van der Waals surface area (Å²) in [6.07, 6.45) is 8.68. The molecule has 1 rings (SSSR count). The van der Waals surface area contributed by atoms with Crippen molar-refractivity contribution in [3.8, 4) is 0 Å². The van der Waals surface area contributed by atoms with Gasteiger partial charge in [-0.25, -0.2) is 4.98 Å². The van der Waals surface area contributed by atoms with Gasteiger partial charge in [0, 0.05) is 25.5 Å². The largest absolute Gasteiger partial charge is 0.396 e. The van der Waals surface area contributed by atoms with Crippen LogP contribution in [0.15, 0.2) is 18.7 Å². The molecule has 0 aromatic carbocycles. The summed E-state index contributed by atoms with van der Waals surface area (Å²) in [5.41, 5.74) is 0. The van der Waals surface area contributed by atoms with Gasteiger partial charge in [0.15, 0.2) is 0 Å². The minimum absolute atomic E-state index is 0. The standard InChI is InChI=1S/C8H14N2O.BrH/c11-7-3-1-2-5-10-6-4-9-8-10;/h4,6,8,11H,1-3,5,7H2;1H. The van der Waals surface area contributed by atoms with Crippen LogP contribution in [-0.4, -0.2) is 21.3 Å². The summed E-state index contributed by atoms with van der Waals surface area (Å²) >= 11 is 0. The van der Waals surface area contributed by atoms with E-state index in [1.807, 2.05) is 12.5 Å². The summed E-state index contributed by atoms with van der Waals surface area (Å²) in [7, 11) is 0. The average Bonchev–Trinajstić information content (AvgIpc) is 2.50. The van der Waals surface area contributed by atoms with Crippen LogP contribution in [0.3, 0.4) is 0 Å². The minimum atomic E-state index is 0. The number of aryl methyl sites for hydroxylation is 1. The zero-order valence-electron chi connectivity index (χ0n) is 7.02. The average molecular weight is 235 g/mol.